The van der Waals surface area contributed by atoms with Gasteiger partial charge in [0.15, 0.2) is 5.65 Å². The van der Waals surface area contributed by atoms with Crippen LogP contribution in [0.2, 0.25) is 0 Å². The Kier molecular flexibility index (Phi) is 6.51. The molecule has 156 valence electrons. The number of amides is 1. The van der Waals surface area contributed by atoms with Crippen molar-refractivity contribution in [1.29, 1.82) is 0 Å². The summed E-state index contributed by atoms with van der Waals surface area (Å²) in [6.45, 7) is 5.06. The molecule has 2 aromatic heterocycles. The normalized spacial score (nSPS) is 21.2. The lowest BCUT2D eigenvalue weighted by atomic mass is 10.1. The van der Waals surface area contributed by atoms with Gasteiger partial charge in [0.25, 0.3) is 0 Å². The summed E-state index contributed by atoms with van der Waals surface area (Å²) in [5.74, 6) is 0.625. The molecule has 0 saturated carbocycles. The molecule has 0 bridgehead atoms. The molecule has 1 amide bonds. The zero-order chi connectivity index (χ0) is 20.1. The quantitative estimate of drug-likeness (QED) is 0.824. The van der Waals surface area contributed by atoms with Crippen molar-refractivity contribution in [2.24, 2.45) is 0 Å². The van der Waals surface area contributed by atoms with Crippen molar-refractivity contribution in [3.8, 4) is 0 Å². The number of nitrogen functional groups attached to an aromatic ring is 1. The number of hydrogen-bond acceptors (Lipinski definition) is 7. The van der Waals surface area contributed by atoms with Crippen molar-refractivity contribution < 1.29 is 9.53 Å². The summed E-state index contributed by atoms with van der Waals surface area (Å²) in [4.78, 5) is 29.9. The lowest BCUT2D eigenvalue weighted by molar-refractivity contribution is -0.139. The van der Waals surface area contributed by atoms with Crippen LogP contribution in [-0.2, 0) is 9.53 Å². The Hall–Kier alpha value is -2.32. The third-order valence-electron chi connectivity index (χ3n) is 5.86. The van der Waals surface area contributed by atoms with E-state index in [-0.39, 0.29) is 12.0 Å². The molecule has 2 aromatic rings. The van der Waals surface area contributed by atoms with Crippen LogP contribution in [0.1, 0.15) is 50.3 Å². The third-order valence-corrected chi connectivity index (χ3v) is 5.86. The van der Waals surface area contributed by atoms with Gasteiger partial charge in [0, 0.05) is 13.0 Å². The average Bonchev–Trinajstić information content (AvgIpc) is 3.03. The number of hydrogen-bond donors (Lipinski definition) is 1. The summed E-state index contributed by atoms with van der Waals surface area (Å²) >= 11 is 0. The van der Waals surface area contributed by atoms with Gasteiger partial charge in [-0.1, -0.05) is 12.8 Å². The van der Waals surface area contributed by atoms with E-state index >= 15 is 0 Å². The molecule has 0 spiro atoms. The van der Waals surface area contributed by atoms with Gasteiger partial charge in [-0.3, -0.25) is 4.79 Å². The first-order valence-electron chi connectivity index (χ1n) is 10.7. The molecule has 4 rings (SSSR count). The molecular weight excluding hydrogens is 368 g/mol. The number of pyridine rings is 1. The van der Waals surface area contributed by atoms with Crippen LogP contribution >= 0.6 is 0 Å². The summed E-state index contributed by atoms with van der Waals surface area (Å²) in [5.41, 5.74) is 7.21. The zero-order valence-corrected chi connectivity index (χ0v) is 16.9. The molecule has 0 aliphatic carbocycles. The topological polar surface area (TPSA) is 97.5 Å². The van der Waals surface area contributed by atoms with Gasteiger partial charge >= 0.3 is 0 Å². The minimum absolute atomic E-state index is 0.209. The van der Waals surface area contributed by atoms with Gasteiger partial charge in [-0.05, 0) is 51.0 Å². The largest absolute Gasteiger partial charge is 0.383 e. The van der Waals surface area contributed by atoms with E-state index in [2.05, 4.69) is 19.9 Å². The van der Waals surface area contributed by atoms with Crippen LogP contribution in [0.4, 0.5) is 5.82 Å². The summed E-state index contributed by atoms with van der Waals surface area (Å²) in [5, 5.41) is 0.730. The van der Waals surface area contributed by atoms with Crippen molar-refractivity contribution in [2.75, 3.05) is 45.1 Å². The van der Waals surface area contributed by atoms with Crippen molar-refractivity contribution in [3.05, 3.63) is 24.2 Å². The molecule has 8 heteroatoms. The Morgan fingerprint density at radius 1 is 1.14 bits per heavy atom. The van der Waals surface area contributed by atoms with Gasteiger partial charge in [0.05, 0.1) is 24.2 Å². The van der Waals surface area contributed by atoms with E-state index in [1.165, 1.54) is 45.1 Å². The number of aromatic nitrogens is 3. The summed E-state index contributed by atoms with van der Waals surface area (Å²) in [6, 6.07) is 3.76. The number of anilines is 1. The molecule has 2 aliphatic heterocycles. The minimum Gasteiger partial charge on any atom is -0.383 e. The monoisotopic (exact) mass is 398 g/mol. The zero-order valence-electron chi connectivity index (χ0n) is 16.9. The maximum atomic E-state index is 12.7. The van der Waals surface area contributed by atoms with Crippen LogP contribution < -0.4 is 5.73 Å². The molecule has 2 N–H and O–H groups in total. The van der Waals surface area contributed by atoms with E-state index in [9.17, 15) is 4.79 Å². The Balaban J connectivity index is 1.32. The van der Waals surface area contributed by atoms with Gasteiger partial charge in [-0.15, -0.1) is 0 Å². The van der Waals surface area contributed by atoms with Crippen LogP contribution in [0.5, 0.6) is 0 Å². The average molecular weight is 399 g/mol. The van der Waals surface area contributed by atoms with E-state index < -0.39 is 0 Å². The van der Waals surface area contributed by atoms with Crippen LogP contribution in [0.15, 0.2) is 18.5 Å². The fourth-order valence-corrected chi connectivity index (χ4v) is 4.18. The second kappa shape index (κ2) is 9.45. The highest BCUT2D eigenvalue weighted by atomic mass is 16.5. The summed E-state index contributed by atoms with van der Waals surface area (Å²) < 4.78 is 5.90. The lowest BCUT2D eigenvalue weighted by Crippen LogP contribution is -2.42. The van der Waals surface area contributed by atoms with Gasteiger partial charge in [0.1, 0.15) is 18.2 Å². The van der Waals surface area contributed by atoms with Crippen LogP contribution in [0, 0.1) is 0 Å². The van der Waals surface area contributed by atoms with E-state index in [4.69, 9.17) is 10.5 Å². The molecule has 4 heterocycles. The van der Waals surface area contributed by atoms with Crippen molar-refractivity contribution >= 4 is 22.8 Å². The Morgan fingerprint density at radius 2 is 1.97 bits per heavy atom. The summed E-state index contributed by atoms with van der Waals surface area (Å²) in [6.07, 6.45) is 7.94. The minimum atomic E-state index is -0.237. The first-order valence-corrected chi connectivity index (χ1v) is 10.7. The fraction of sp³-hybridized carbons (Fsp3) is 0.619. The first kappa shape index (κ1) is 20.0. The molecule has 2 aliphatic rings. The molecule has 0 radical (unpaired) electrons. The number of fused-ring (bicyclic) bond motifs is 1. The molecule has 1 atom stereocenters. The van der Waals surface area contributed by atoms with E-state index in [1.54, 1.807) is 0 Å². The highest BCUT2D eigenvalue weighted by Gasteiger charge is 2.26. The lowest BCUT2D eigenvalue weighted by Gasteiger charge is -2.33. The Labute approximate surface area is 171 Å². The van der Waals surface area contributed by atoms with E-state index in [0.29, 0.717) is 37.6 Å². The van der Waals surface area contributed by atoms with Gasteiger partial charge in [0.2, 0.25) is 5.91 Å². The van der Waals surface area contributed by atoms with Crippen LogP contribution in [0.3, 0.4) is 0 Å². The molecule has 1 unspecified atom stereocenters. The second-order valence-electron chi connectivity index (χ2n) is 7.92. The second-order valence-corrected chi connectivity index (χ2v) is 7.92. The van der Waals surface area contributed by atoms with Gasteiger partial charge in [-0.2, -0.15) is 0 Å². The van der Waals surface area contributed by atoms with Gasteiger partial charge in [-0.25, -0.2) is 15.0 Å². The molecule has 8 nitrogen and oxygen atoms in total. The smallest absolute Gasteiger partial charge is 0.222 e. The molecular formula is C21H30N6O2. The SMILES string of the molecule is Nc1ncnc2nc(C3CN(C(=O)CCCN4CCCCCC4)CCO3)ccc12. The number of ether oxygens (including phenoxy) is 1. The standard InChI is InChI=1S/C21H30N6O2/c22-20-16-7-8-17(25-21(16)24-15-23-20)18-14-27(12-13-29-18)19(28)6-5-11-26-9-3-1-2-4-10-26/h7-8,15,18H,1-6,9-14H2,(H2,22,23,24,25). The number of carbonyl (C=O) groups is 1. The Bertz CT molecular complexity index is 837. The molecule has 2 saturated heterocycles. The predicted octanol–water partition coefficient (Wildman–Crippen LogP) is 2.16. The van der Waals surface area contributed by atoms with Crippen LogP contribution in [-0.4, -0.2) is 70.0 Å². The predicted molar refractivity (Wildman–Crippen MR) is 111 cm³/mol. The van der Waals surface area contributed by atoms with Crippen molar-refractivity contribution in [3.63, 3.8) is 0 Å². The maximum Gasteiger partial charge on any atom is 0.222 e. The number of likely N-dealkylation sites (tertiary alicyclic amines) is 1. The highest BCUT2D eigenvalue weighted by molar-refractivity contribution is 5.84. The summed E-state index contributed by atoms with van der Waals surface area (Å²) in [7, 11) is 0. The van der Waals surface area contributed by atoms with Crippen molar-refractivity contribution in [1.82, 2.24) is 24.8 Å². The fourth-order valence-electron chi connectivity index (χ4n) is 4.18. The van der Waals surface area contributed by atoms with E-state index in [1.807, 2.05) is 17.0 Å². The first-order chi connectivity index (χ1) is 14.2. The van der Waals surface area contributed by atoms with Crippen LogP contribution in [0.25, 0.3) is 11.0 Å². The maximum absolute atomic E-state index is 12.7. The molecule has 2 fully saturated rings. The number of nitrogens with two attached hydrogens (primary N) is 1. The molecule has 29 heavy (non-hydrogen) atoms. The number of nitrogens with zero attached hydrogens (tertiary/aromatic N) is 5. The third kappa shape index (κ3) is 5.00. The molecule has 0 aromatic carbocycles. The van der Waals surface area contributed by atoms with Gasteiger partial charge < -0.3 is 20.3 Å². The Morgan fingerprint density at radius 3 is 2.79 bits per heavy atom. The number of rotatable bonds is 5. The van der Waals surface area contributed by atoms with Crippen molar-refractivity contribution in [2.45, 2.75) is 44.6 Å². The number of carbonyl (C=O) groups excluding carboxylic acids is 1. The number of morpholine rings is 1. The van der Waals surface area contributed by atoms with E-state index in [0.717, 1.165) is 24.0 Å². The highest BCUT2D eigenvalue weighted by Crippen LogP contribution is 2.24.